The zero-order valence-electron chi connectivity index (χ0n) is 19.4. The predicted octanol–water partition coefficient (Wildman–Crippen LogP) is 4.55. The number of carbonyl (C=O) groups is 2. The van der Waals surface area contributed by atoms with Crippen LogP contribution in [-0.4, -0.2) is 54.6 Å². The molecular weight excluding hydrogens is 424 g/mol. The summed E-state index contributed by atoms with van der Waals surface area (Å²) in [6, 6.07) is 13.1. The molecule has 1 aromatic heterocycles. The van der Waals surface area contributed by atoms with E-state index in [-0.39, 0.29) is 30.4 Å². The number of nitrogens with zero attached hydrogens (tertiary/aromatic N) is 1. The lowest BCUT2D eigenvalue weighted by atomic mass is 10.1. The number of ketones is 1. The number of furan rings is 1. The van der Waals surface area contributed by atoms with Crippen molar-refractivity contribution in [3.05, 3.63) is 54.5 Å². The molecule has 1 heterocycles. The molecular formula is C25H36N2O4S. The summed E-state index contributed by atoms with van der Waals surface area (Å²) in [7, 11) is 1.81. The number of nitrogens with one attached hydrogen (secondary N) is 1. The first-order chi connectivity index (χ1) is 15.5. The van der Waals surface area contributed by atoms with E-state index in [0.717, 1.165) is 38.0 Å². The van der Waals surface area contributed by atoms with Gasteiger partial charge in [-0.1, -0.05) is 31.5 Å². The van der Waals surface area contributed by atoms with E-state index in [1.165, 1.54) is 0 Å². The minimum Gasteiger partial charge on any atom is -0.484 e. The molecule has 0 saturated heterocycles. The first-order valence-corrected chi connectivity index (χ1v) is 12.5. The van der Waals surface area contributed by atoms with Crippen molar-refractivity contribution in [3.63, 3.8) is 0 Å². The van der Waals surface area contributed by atoms with Gasteiger partial charge in [0.25, 0.3) is 5.91 Å². The van der Waals surface area contributed by atoms with Crippen LogP contribution in [0.15, 0.2) is 53.1 Å². The second-order valence-corrected chi connectivity index (χ2v) is 8.92. The van der Waals surface area contributed by atoms with Gasteiger partial charge in [0.05, 0.1) is 23.8 Å². The van der Waals surface area contributed by atoms with Crippen LogP contribution in [0.3, 0.4) is 0 Å². The highest BCUT2D eigenvalue weighted by Crippen LogP contribution is 2.14. The Morgan fingerprint density at radius 3 is 2.62 bits per heavy atom. The molecule has 0 bridgehead atoms. The number of hydrogen-bond acceptors (Lipinski definition) is 6. The molecule has 1 aromatic carbocycles. The fourth-order valence-corrected chi connectivity index (χ4v) is 4.16. The number of Topliss-reactive ketones (excluding diaryl/α,β-unsaturated/α-hetero) is 1. The molecule has 1 amide bonds. The van der Waals surface area contributed by atoms with Gasteiger partial charge in [-0.3, -0.25) is 9.59 Å². The van der Waals surface area contributed by atoms with E-state index in [0.29, 0.717) is 17.3 Å². The van der Waals surface area contributed by atoms with E-state index in [1.54, 1.807) is 22.9 Å². The van der Waals surface area contributed by atoms with Gasteiger partial charge in [0.1, 0.15) is 11.5 Å². The standard InChI is InChI=1S/C25H36N2O4S/c1-4-10-23(24(28)19-32-18-22-14-9-16-30-22)26-15-8-11-20(2)27(3)25(29)17-31-21-12-6-5-7-13-21/h5-7,9,12-14,16,20,23,26H,4,8,10-11,15,17-19H2,1-3H3. The normalized spacial score (nSPS) is 12.8. The molecule has 0 spiro atoms. The Kier molecular flexibility index (Phi) is 12.0. The van der Waals surface area contributed by atoms with Crippen molar-refractivity contribution in [2.24, 2.45) is 0 Å². The Bertz CT molecular complexity index is 783. The van der Waals surface area contributed by atoms with Crippen LogP contribution in [0.2, 0.25) is 0 Å². The Balaban J connectivity index is 1.64. The summed E-state index contributed by atoms with van der Waals surface area (Å²) in [5, 5.41) is 3.42. The molecule has 2 unspecified atom stereocenters. The number of likely N-dealkylation sites (N-methyl/N-ethyl adjacent to an activating group) is 1. The van der Waals surface area contributed by atoms with Crippen molar-refractivity contribution >= 4 is 23.5 Å². The van der Waals surface area contributed by atoms with Crippen LogP contribution in [0.5, 0.6) is 5.75 Å². The first-order valence-electron chi connectivity index (χ1n) is 11.3. The second-order valence-electron chi connectivity index (χ2n) is 7.93. The largest absolute Gasteiger partial charge is 0.484 e. The number of thioether (sulfide) groups is 1. The molecule has 0 saturated carbocycles. The SMILES string of the molecule is CCCC(NCCCC(C)N(C)C(=O)COc1ccccc1)C(=O)CSCc1ccco1. The number of para-hydroxylation sites is 1. The average Bonchev–Trinajstić information content (AvgIpc) is 3.33. The van der Waals surface area contributed by atoms with E-state index in [4.69, 9.17) is 9.15 Å². The van der Waals surface area contributed by atoms with Crippen LogP contribution in [0, 0.1) is 0 Å². The van der Waals surface area contributed by atoms with Crippen LogP contribution in [0.25, 0.3) is 0 Å². The number of ether oxygens (including phenoxy) is 1. The molecule has 2 atom stereocenters. The minimum atomic E-state index is -0.113. The quantitative estimate of drug-likeness (QED) is 0.371. The van der Waals surface area contributed by atoms with Crippen LogP contribution in [0.4, 0.5) is 0 Å². The number of benzene rings is 1. The first kappa shape index (κ1) is 26.0. The van der Waals surface area contributed by atoms with Crippen molar-refractivity contribution in [3.8, 4) is 5.75 Å². The van der Waals surface area contributed by atoms with Crippen molar-refractivity contribution in [1.82, 2.24) is 10.2 Å². The number of carbonyl (C=O) groups excluding carboxylic acids is 2. The van der Waals surface area contributed by atoms with Crippen molar-refractivity contribution in [1.29, 1.82) is 0 Å². The summed E-state index contributed by atoms with van der Waals surface area (Å²) >= 11 is 1.59. The van der Waals surface area contributed by atoms with Crippen LogP contribution < -0.4 is 10.1 Å². The second kappa shape index (κ2) is 14.7. The minimum absolute atomic E-state index is 0.0336. The van der Waals surface area contributed by atoms with Gasteiger partial charge in [-0.2, -0.15) is 0 Å². The highest BCUT2D eigenvalue weighted by molar-refractivity contribution is 7.99. The van der Waals surface area contributed by atoms with Gasteiger partial charge in [0.15, 0.2) is 12.4 Å². The molecule has 0 aliphatic carbocycles. The summed E-state index contributed by atoms with van der Waals surface area (Å²) < 4.78 is 10.9. The smallest absolute Gasteiger partial charge is 0.260 e. The van der Waals surface area contributed by atoms with Gasteiger partial charge >= 0.3 is 0 Å². The number of hydrogen-bond donors (Lipinski definition) is 1. The van der Waals surface area contributed by atoms with Crippen LogP contribution >= 0.6 is 11.8 Å². The number of amides is 1. The maximum absolute atomic E-state index is 12.6. The van der Waals surface area contributed by atoms with E-state index in [2.05, 4.69) is 12.2 Å². The third kappa shape index (κ3) is 9.49. The van der Waals surface area contributed by atoms with Gasteiger partial charge in [-0.05, 0) is 57.0 Å². The van der Waals surface area contributed by atoms with E-state index in [9.17, 15) is 9.59 Å². The molecule has 2 rings (SSSR count). The summed E-state index contributed by atoms with van der Waals surface area (Å²) in [6.45, 7) is 4.93. The van der Waals surface area contributed by atoms with Crippen molar-refractivity contribution < 1.29 is 18.7 Å². The Labute approximate surface area is 196 Å². The van der Waals surface area contributed by atoms with Gasteiger partial charge in [-0.25, -0.2) is 0 Å². The molecule has 1 N–H and O–H groups in total. The summed E-state index contributed by atoms with van der Waals surface area (Å²) in [4.78, 5) is 26.7. The van der Waals surface area contributed by atoms with Gasteiger partial charge in [0.2, 0.25) is 0 Å². The summed E-state index contributed by atoms with van der Waals surface area (Å²) in [5.74, 6) is 2.98. The Morgan fingerprint density at radius 1 is 1.16 bits per heavy atom. The van der Waals surface area contributed by atoms with Gasteiger partial charge in [-0.15, -0.1) is 11.8 Å². The van der Waals surface area contributed by atoms with E-state index in [1.807, 2.05) is 56.4 Å². The van der Waals surface area contributed by atoms with Crippen molar-refractivity contribution in [2.75, 3.05) is 26.0 Å². The third-order valence-corrected chi connectivity index (χ3v) is 6.36. The average molecular weight is 461 g/mol. The highest BCUT2D eigenvalue weighted by atomic mass is 32.2. The Hall–Kier alpha value is -2.25. The fourth-order valence-electron chi connectivity index (χ4n) is 3.29. The van der Waals surface area contributed by atoms with E-state index < -0.39 is 0 Å². The lowest BCUT2D eigenvalue weighted by Crippen LogP contribution is -2.40. The van der Waals surface area contributed by atoms with Crippen molar-refractivity contribution in [2.45, 2.75) is 57.4 Å². The molecule has 32 heavy (non-hydrogen) atoms. The molecule has 0 aliphatic heterocycles. The van der Waals surface area contributed by atoms with E-state index >= 15 is 0 Å². The molecule has 0 fully saturated rings. The number of rotatable bonds is 16. The lowest BCUT2D eigenvalue weighted by Gasteiger charge is -2.25. The topological polar surface area (TPSA) is 71.8 Å². The zero-order chi connectivity index (χ0) is 23.2. The maximum atomic E-state index is 12.6. The lowest BCUT2D eigenvalue weighted by molar-refractivity contribution is -0.134. The molecule has 0 radical (unpaired) electrons. The Morgan fingerprint density at radius 2 is 1.94 bits per heavy atom. The molecule has 0 aliphatic rings. The van der Waals surface area contributed by atoms with Crippen LogP contribution in [0.1, 0.15) is 45.3 Å². The monoisotopic (exact) mass is 460 g/mol. The molecule has 2 aromatic rings. The molecule has 7 heteroatoms. The highest BCUT2D eigenvalue weighted by Gasteiger charge is 2.19. The van der Waals surface area contributed by atoms with Gasteiger partial charge < -0.3 is 19.4 Å². The fraction of sp³-hybridized carbons (Fsp3) is 0.520. The predicted molar refractivity (Wildman–Crippen MR) is 130 cm³/mol. The molecule has 6 nitrogen and oxygen atoms in total. The van der Waals surface area contributed by atoms with Gasteiger partial charge in [0, 0.05) is 13.1 Å². The third-order valence-electron chi connectivity index (χ3n) is 5.38. The summed E-state index contributed by atoms with van der Waals surface area (Å²) in [6.07, 6.45) is 5.21. The zero-order valence-corrected chi connectivity index (χ0v) is 20.2. The summed E-state index contributed by atoms with van der Waals surface area (Å²) in [5.41, 5.74) is 0. The van der Waals surface area contributed by atoms with Crippen LogP contribution in [-0.2, 0) is 15.3 Å². The molecule has 176 valence electrons. The maximum Gasteiger partial charge on any atom is 0.260 e.